The standard InChI is InChI=1S/C7H9O4P.C6H13N/c8-12(9,10)11-6-7-4-2-1-3-5-7;7-6-4-2-1-3-5-6/h1-5H,6H2,(H2,8,9,10);6H,1-5,7H2. The van der Waals surface area contributed by atoms with Gasteiger partial charge in [0, 0.05) is 6.04 Å². The number of phosphoric ester groups is 1. The summed E-state index contributed by atoms with van der Waals surface area (Å²) >= 11 is 0. The van der Waals surface area contributed by atoms with Crippen LogP contribution in [0.25, 0.3) is 0 Å². The molecule has 108 valence electrons. The van der Waals surface area contributed by atoms with Crippen molar-refractivity contribution in [2.75, 3.05) is 0 Å². The SMILES string of the molecule is NC1CCCCC1.O=P(O)(O)OCc1ccccc1. The molecule has 0 radical (unpaired) electrons. The van der Waals surface area contributed by atoms with Gasteiger partial charge in [0.1, 0.15) is 0 Å². The first-order valence-electron chi connectivity index (χ1n) is 6.47. The number of hydrogen-bond acceptors (Lipinski definition) is 3. The van der Waals surface area contributed by atoms with Crippen molar-refractivity contribution in [3.05, 3.63) is 35.9 Å². The van der Waals surface area contributed by atoms with E-state index in [-0.39, 0.29) is 6.61 Å². The van der Waals surface area contributed by atoms with Crippen LogP contribution in [0.4, 0.5) is 0 Å². The second kappa shape index (κ2) is 8.46. The summed E-state index contributed by atoms with van der Waals surface area (Å²) in [7, 11) is -4.33. The van der Waals surface area contributed by atoms with Crippen LogP contribution < -0.4 is 5.73 Å². The van der Waals surface area contributed by atoms with Crippen LogP contribution in [-0.2, 0) is 15.7 Å². The van der Waals surface area contributed by atoms with Gasteiger partial charge in [-0.15, -0.1) is 0 Å². The first kappa shape index (κ1) is 16.3. The lowest BCUT2D eigenvalue weighted by atomic mass is 9.97. The minimum atomic E-state index is -4.33. The van der Waals surface area contributed by atoms with Crippen LogP contribution in [0.5, 0.6) is 0 Å². The molecule has 1 saturated carbocycles. The fraction of sp³-hybridized carbons (Fsp3) is 0.538. The highest BCUT2D eigenvalue weighted by Gasteiger charge is 2.12. The summed E-state index contributed by atoms with van der Waals surface area (Å²) in [5.74, 6) is 0. The average molecular weight is 287 g/mol. The third-order valence-corrected chi connectivity index (χ3v) is 3.36. The van der Waals surface area contributed by atoms with Crippen molar-refractivity contribution >= 4 is 7.82 Å². The molecule has 4 N–H and O–H groups in total. The van der Waals surface area contributed by atoms with Crippen LogP contribution in [0.15, 0.2) is 30.3 Å². The van der Waals surface area contributed by atoms with Gasteiger partial charge < -0.3 is 15.5 Å². The predicted octanol–water partition coefficient (Wildman–Crippen LogP) is 2.57. The van der Waals surface area contributed by atoms with Crippen LogP contribution in [0, 0.1) is 0 Å². The van der Waals surface area contributed by atoms with Gasteiger partial charge in [-0.25, -0.2) is 4.57 Å². The van der Waals surface area contributed by atoms with E-state index < -0.39 is 7.82 Å². The third kappa shape index (κ3) is 8.92. The molecule has 0 heterocycles. The molecule has 19 heavy (non-hydrogen) atoms. The van der Waals surface area contributed by atoms with Crippen molar-refractivity contribution < 1.29 is 18.9 Å². The Bertz CT molecular complexity index is 387. The Morgan fingerprint density at radius 1 is 1.16 bits per heavy atom. The molecule has 2 rings (SSSR count). The van der Waals surface area contributed by atoms with Crippen molar-refractivity contribution in [1.82, 2.24) is 0 Å². The fourth-order valence-corrected chi connectivity index (χ4v) is 2.18. The van der Waals surface area contributed by atoms with E-state index in [1.165, 1.54) is 32.1 Å². The molecule has 0 aliphatic heterocycles. The van der Waals surface area contributed by atoms with E-state index in [9.17, 15) is 4.57 Å². The van der Waals surface area contributed by atoms with Gasteiger partial charge >= 0.3 is 7.82 Å². The van der Waals surface area contributed by atoms with Crippen molar-refractivity contribution in [1.29, 1.82) is 0 Å². The van der Waals surface area contributed by atoms with Crippen LogP contribution >= 0.6 is 7.82 Å². The van der Waals surface area contributed by atoms with Crippen molar-refractivity contribution in [3.63, 3.8) is 0 Å². The molecule has 0 bridgehead atoms. The van der Waals surface area contributed by atoms with E-state index >= 15 is 0 Å². The molecule has 0 saturated heterocycles. The first-order valence-corrected chi connectivity index (χ1v) is 8.00. The summed E-state index contributed by atoms with van der Waals surface area (Å²) in [5.41, 5.74) is 6.37. The van der Waals surface area contributed by atoms with E-state index in [1.54, 1.807) is 24.3 Å². The number of phosphoric acid groups is 1. The molecule has 0 spiro atoms. The molecule has 1 aliphatic rings. The Morgan fingerprint density at radius 2 is 1.74 bits per heavy atom. The number of nitrogens with two attached hydrogens (primary N) is 1. The van der Waals surface area contributed by atoms with Gasteiger partial charge in [0.2, 0.25) is 0 Å². The zero-order valence-electron chi connectivity index (χ0n) is 10.9. The van der Waals surface area contributed by atoms with E-state index in [1.807, 2.05) is 6.07 Å². The monoisotopic (exact) mass is 287 g/mol. The summed E-state index contributed by atoms with van der Waals surface area (Å²) in [4.78, 5) is 16.7. The molecule has 1 aromatic rings. The van der Waals surface area contributed by atoms with Crippen LogP contribution in [0.3, 0.4) is 0 Å². The molecule has 1 aromatic carbocycles. The molecule has 0 aromatic heterocycles. The van der Waals surface area contributed by atoms with E-state index in [2.05, 4.69) is 4.52 Å². The van der Waals surface area contributed by atoms with Crippen LogP contribution in [0.2, 0.25) is 0 Å². The van der Waals surface area contributed by atoms with Gasteiger partial charge in [0.15, 0.2) is 0 Å². The maximum atomic E-state index is 10.3. The molecule has 0 atom stereocenters. The highest BCUT2D eigenvalue weighted by atomic mass is 31.2. The molecule has 1 fully saturated rings. The molecule has 5 nitrogen and oxygen atoms in total. The topological polar surface area (TPSA) is 92.8 Å². The quantitative estimate of drug-likeness (QED) is 0.743. The zero-order valence-corrected chi connectivity index (χ0v) is 11.8. The summed E-state index contributed by atoms with van der Waals surface area (Å²) in [6, 6.07) is 9.37. The Hall–Kier alpha value is -0.710. The molecular formula is C13H22NO4P. The maximum Gasteiger partial charge on any atom is 0.469 e. The van der Waals surface area contributed by atoms with E-state index in [4.69, 9.17) is 15.5 Å². The minimum Gasteiger partial charge on any atom is -0.328 e. The third-order valence-electron chi connectivity index (χ3n) is 2.89. The lowest BCUT2D eigenvalue weighted by Gasteiger charge is -2.15. The van der Waals surface area contributed by atoms with Gasteiger partial charge in [0.05, 0.1) is 6.61 Å². The Balaban J connectivity index is 0.000000218. The van der Waals surface area contributed by atoms with Crippen LogP contribution in [0.1, 0.15) is 37.7 Å². The normalized spacial score (nSPS) is 16.6. The zero-order chi connectivity index (χ0) is 14.1. The first-order chi connectivity index (χ1) is 8.97. The summed E-state index contributed by atoms with van der Waals surface area (Å²) in [6.07, 6.45) is 6.66. The van der Waals surface area contributed by atoms with Crippen molar-refractivity contribution in [3.8, 4) is 0 Å². The van der Waals surface area contributed by atoms with Gasteiger partial charge in [0.25, 0.3) is 0 Å². The van der Waals surface area contributed by atoms with Gasteiger partial charge in [-0.1, -0.05) is 49.6 Å². The lowest BCUT2D eigenvalue weighted by molar-refractivity contribution is 0.189. The van der Waals surface area contributed by atoms with Gasteiger partial charge in [-0.2, -0.15) is 0 Å². The number of benzene rings is 1. The second-order valence-electron chi connectivity index (χ2n) is 4.65. The molecule has 0 unspecified atom stereocenters. The predicted molar refractivity (Wildman–Crippen MR) is 74.3 cm³/mol. The summed E-state index contributed by atoms with van der Waals surface area (Å²) in [5, 5.41) is 0. The Morgan fingerprint density at radius 3 is 2.16 bits per heavy atom. The van der Waals surface area contributed by atoms with Gasteiger partial charge in [-0.3, -0.25) is 4.52 Å². The van der Waals surface area contributed by atoms with Crippen molar-refractivity contribution in [2.24, 2.45) is 5.73 Å². The Kier molecular flexibility index (Phi) is 7.28. The van der Waals surface area contributed by atoms with E-state index in [0.29, 0.717) is 6.04 Å². The molecule has 6 heteroatoms. The van der Waals surface area contributed by atoms with E-state index in [0.717, 1.165) is 5.56 Å². The van der Waals surface area contributed by atoms with Crippen molar-refractivity contribution in [2.45, 2.75) is 44.8 Å². The molecular weight excluding hydrogens is 265 g/mol. The highest BCUT2D eigenvalue weighted by Crippen LogP contribution is 2.36. The Labute approximate surface area is 114 Å². The number of hydrogen-bond donors (Lipinski definition) is 3. The summed E-state index contributed by atoms with van der Waals surface area (Å²) in [6.45, 7) is -0.0644. The largest absolute Gasteiger partial charge is 0.469 e. The number of rotatable bonds is 3. The molecule has 1 aliphatic carbocycles. The highest BCUT2D eigenvalue weighted by molar-refractivity contribution is 7.46. The second-order valence-corrected chi connectivity index (χ2v) is 5.89. The minimum absolute atomic E-state index is 0.0644. The maximum absolute atomic E-state index is 10.3. The lowest BCUT2D eigenvalue weighted by Crippen LogP contribution is -2.22. The smallest absolute Gasteiger partial charge is 0.328 e. The summed E-state index contributed by atoms with van der Waals surface area (Å²) < 4.78 is 14.6. The fourth-order valence-electron chi connectivity index (χ4n) is 1.87. The van der Waals surface area contributed by atoms with Gasteiger partial charge in [-0.05, 0) is 18.4 Å². The average Bonchev–Trinajstić information content (AvgIpc) is 2.39. The van der Waals surface area contributed by atoms with Crippen LogP contribution in [-0.4, -0.2) is 15.8 Å². The molecule has 0 amide bonds.